The summed E-state index contributed by atoms with van der Waals surface area (Å²) in [6, 6.07) is 7.56. The standard InChI is InChI=1S/C23H23N5O3S/c1-14-7-8-18(31-4)20-21(14)32-23(26-20)28(11-17-6-5-9-24-10-17)19(29)12-27-13-25-16(3)15(2)22(27)30/h5-10,13H,11-12H2,1-4H3. The van der Waals surface area contributed by atoms with Crippen molar-refractivity contribution in [2.45, 2.75) is 33.9 Å². The van der Waals surface area contributed by atoms with Crippen LogP contribution in [0.15, 0.2) is 47.8 Å². The number of carbonyl (C=O) groups is 1. The lowest BCUT2D eigenvalue weighted by Gasteiger charge is -2.20. The van der Waals surface area contributed by atoms with E-state index in [0.29, 0.717) is 27.7 Å². The van der Waals surface area contributed by atoms with Crippen molar-refractivity contribution < 1.29 is 9.53 Å². The molecule has 0 bridgehead atoms. The summed E-state index contributed by atoms with van der Waals surface area (Å²) < 4.78 is 7.75. The second-order valence-electron chi connectivity index (χ2n) is 7.49. The number of fused-ring (bicyclic) bond motifs is 1. The van der Waals surface area contributed by atoms with Gasteiger partial charge in [0.25, 0.3) is 5.56 Å². The Morgan fingerprint density at radius 2 is 2.03 bits per heavy atom. The summed E-state index contributed by atoms with van der Waals surface area (Å²) >= 11 is 1.42. The van der Waals surface area contributed by atoms with E-state index < -0.39 is 0 Å². The van der Waals surface area contributed by atoms with Gasteiger partial charge < -0.3 is 4.74 Å². The Morgan fingerprint density at radius 3 is 2.75 bits per heavy atom. The molecule has 1 aromatic carbocycles. The molecule has 9 heteroatoms. The van der Waals surface area contributed by atoms with E-state index in [2.05, 4.69) is 9.97 Å². The maximum absolute atomic E-state index is 13.4. The normalized spacial score (nSPS) is 11.0. The highest BCUT2D eigenvalue weighted by Crippen LogP contribution is 2.37. The van der Waals surface area contributed by atoms with Crippen molar-refractivity contribution >= 4 is 32.6 Å². The first kappa shape index (κ1) is 21.6. The van der Waals surface area contributed by atoms with Crippen molar-refractivity contribution in [2.75, 3.05) is 12.0 Å². The van der Waals surface area contributed by atoms with E-state index in [4.69, 9.17) is 9.72 Å². The zero-order valence-corrected chi connectivity index (χ0v) is 19.1. The Morgan fingerprint density at radius 1 is 1.22 bits per heavy atom. The molecular weight excluding hydrogens is 426 g/mol. The van der Waals surface area contributed by atoms with Crippen LogP contribution in [0.2, 0.25) is 0 Å². The van der Waals surface area contributed by atoms with E-state index in [-0.39, 0.29) is 24.6 Å². The van der Waals surface area contributed by atoms with E-state index in [1.807, 2.05) is 31.2 Å². The SMILES string of the molecule is COc1ccc(C)c2sc(N(Cc3cccnc3)C(=O)Cn3cnc(C)c(C)c3=O)nc12. The van der Waals surface area contributed by atoms with Crippen LogP contribution < -0.4 is 15.2 Å². The van der Waals surface area contributed by atoms with Gasteiger partial charge in [-0.15, -0.1) is 0 Å². The zero-order chi connectivity index (χ0) is 22.8. The first-order valence-corrected chi connectivity index (χ1v) is 10.9. The molecule has 0 unspecified atom stereocenters. The summed E-state index contributed by atoms with van der Waals surface area (Å²) in [7, 11) is 1.60. The average molecular weight is 450 g/mol. The van der Waals surface area contributed by atoms with Gasteiger partial charge in [0.05, 0.1) is 24.7 Å². The number of amides is 1. The third kappa shape index (κ3) is 4.11. The first-order chi connectivity index (χ1) is 15.4. The maximum atomic E-state index is 13.4. The highest BCUT2D eigenvalue weighted by atomic mass is 32.1. The van der Waals surface area contributed by atoms with Gasteiger partial charge in [0, 0.05) is 23.7 Å². The molecule has 0 aliphatic rings. The van der Waals surface area contributed by atoms with Crippen molar-refractivity contribution in [1.82, 2.24) is 19.5 Å². The van der Waals surface area contributed by atoms with Crippen molar-refractivity contribution in [3.8, 4) is 5.75 Å². The van der Waals surface area contributed by atoms with Crippen molar-refractivity contribution in [1.29, 1.82) is 0 Å². The van der Waals surface area contributed by atoms with E-state index in [1.165, 1.54) is 22.2 Å². The number of hydrogen-bond donors (Lipinski definition) is 0. The number of anilines is 1. The van der Waals surface area contributed by atoms with Gasteiger partial charge in [-0.2, -0.15) is 0 Å². The minimum absolute atomic E-state index is 0.140. The lowest BCUT2D eigenvalue weighted by molar-refractivity contribution is -0.119. The second-order valence-corrected chi connectivity index (χ2v) is 8.47. The number of nitrogens with zero attached hydrogens (tertiary/aromatic N) is 5. The van der Waals surface area contributed by atoms with E-state index >= 15 is 0 Å². The number of thiazole rings is 1. The van der Waals surface area contributed by atoms with Crippen LogP contribution in [0.25, 0.3) is 10.2 Å². The Kier molecular flexibility index (Phi) is 6.00. The Labute approximate surface area is 189 Å². The third-order valence-electron chi connectivity index (χ3n) is 5.33. The van der Waals surface area contributed by atoms with Gasteiger partial charge in [0.1, 0.15) is 17.8 Å². The van der Waals surface area contributed by atoms with Gasteiger partial charge in [0.15, 0.2) is 5.13 Å². The Hall–Kier alpha value is -3.59. The topological polar surface area (TPSA) is 90.2 Å². The molecule has 0 spiro atoms. The number of ether oxygens (including phenoxy) is 1. The van der Waals surface area contributed by atoms with E-state index in [9.17, 15) is 9.59 Å². The molecule has 4 aromatic rings. The predicted molar refractivity (Wildman–Crippen MR) is 124 cm³/mol. The molecule has 0 saturated carbocycles. The van der Waals surface area contributed by atoms with Crippen molar-refractivity contribution in [3.63, 3.8) is 0 Å². The fraction of sp³-hybridized carbons (Fsp3) is 0.261. The number of rotatable bonds is 6. The summed E-state index contributed by atoms with van der Waals surface area (Å²) in [4.78, 5) is 40.8. The number of aromatic nitrogens is 4. The van der Waals surface area contributed by atoms with Gasteiger partial charge in [0.2, 0.25) is 5.91 Å². The summed E-state index contributed by atoms with van der Waals surface area (Å²) in [5.41, 5.74) is 3.57. The quantitative estimate of drug-likeness (QED) is 0.448. The van der Waals surface area contributed by atoms with Gasteiger partial charge in [-0.3, -0.25) is 24.0 Å². The van der Waals surface area contributed by atoms with E-state index in [0.717, 1.165) is 15.8 Å². The lowest BCUT2D eigenvalue weighted by Crippen LogP contribution is -2.37. The molecular formula is C23H23N5O3S. The van der Waals surface area contributed by atoms with Crippen LogP contribution >= 0.6 is 11.3 Å². The molecule has 0 aliphatic heterocycles. The molecule has 8 nitrogen and oxygen atoms in total. The summed E-state index contributed by atoms with van der Waals surface area (Å²) in [5, 5.41) is 0.534. The Balaban J connectivity index is 1.76. The number of hydrogen-bond acceptors (Lipinski definition) is 7. The number of benzene rings is 1. The molecule has 0 fully saturated rings. The van der Waals surface area contributed by atoms with Crippen LogP contribution in [0.1, 0.15) is 22.4 Å². The molecule has 3 aromatic heterocycles. The Bertz CT molecular complexity index is 1350. The molecule has 0 aliphatic carbocycles. The van der Waals surface area contributed by atoms with Crippen molar-refractivity contribution in [2.24, 2.45) is 0 Å². The second kappa shape index (κ2) is 8.88. The number of carbonyl (C=O) groups excluding carboxylic acids is 1. The minimum atomic E-state index is -0.267. The van der Waals surface area contributed by atoms with Crippen molar-refractivity contribution in [3.05, 3.63) is 75.7 Å². The average Bonchev–Trinajstić information content (AvgIpc) is 3.25. The molecule has 3 heterocycles. The summed E-state index contributed by atoms with van der Waals surface area (Å²) in [6.45, 7) is 5.62. The highest BCUT2D eigenvalue weighted by molar-refractivity contribution is 7.22. The largest absolute Gasteiger partial charge is 0.494 e. The van der Waals surface area contributed by atoms with Gasteiger partial charge >= 0.3 is 0 Å². The van der Waals surface area contributed by atoms with Crippen LogP contribution in [0.4, 0.5) is 5.13 Å². The summed E-state index contributed by atoms with van der Waals surface area (Å²) in [6.07, 6.45) is 4.81. The first-order valence-electron chi connectivity index (χ1n) is 10.0. The summed E-state index contributed by atoms with van der Waals surface area (Å²) in [5.74, 6) is 0.383. The number of pyridine rings is 1. The fourth-order valence-electron chi connectivity index (χ4n) is 3.33. The van der Waals surface area contributed by atoms with Crippen LogP contribution in [0.5, 0.6) is 5.75 Å². The molecule has 32 heavy (non-hydrogen) atoms. The van der Waals surface area contributed by atoms with Gasteiger partial charge in [-0.05, 0) is 44.0 Å². The monoisotopic (exact) mass is 449 g/mol. The lowest BCUT2D eigenvalue weighted by atomic mass is 10.2. The van der Waals surface area contributed by atoms with Crippen LogP contribution in [-0.4, -0.2) is 32.5 Å². The van der Waals surface area contributed by atoms with Crippen LogP contribution in [0.3, 0.4) is 0 Å². The molecule has 0 atom stereocenters. The molecule has 164 valence electrons. The van der Waals surface area contributed by atoms with Gasteiger partial charge in [-0.1, -0.05) is 23.5 Å². The zero-order valence-electron chi connectivity index (χ0n) is 18.3. The maximum Gasteiger partial charge on any atom is 0.256 e. The fourth-order valence-corrected chi connectivity index (χ4v) is 4.40. The number of methoxy groups -OCH3 is 1. The molecule has 1 amide bonds. The molecule has 0 saturated heterocycles. The van der Waals surface area contributed by atoms with Gasteiger partial charge in [-0.25, -0.2) is 9.97 Å². The molecule has 0 radical (unpaired) electrons. The van der Waals surface area contributed by atoms with Crippen LogP contribution in [0, 0.1) is 20.8 Å². The van der Waals surface area contributed by atoms with E-state index in [1.54, 1.807) is 38.3 Å². The highest BCUT2D eigenvalue weighted by Gasteiger charge is 2.23. The number of aryl methyl sites for hydroxylation is 2. The van der Waals surface area contributed by atoms with Crippen LogP contribution in [-0.2, 0) is 17.9 Å². The smallest absolute Gasteiger partial charge is 0.256 e. The third-order valence-corrected chi connectivity index (χ3v) is 6.54. The molecule has 4 rings (SSSR count). The predicted octanol–water partition coefficient (Wildman–Crippen LogP) is 3.42. The minimum Gasteiger partial charge on any atom is -0.494 e. The molecule has 0 N–H and O–H groups in total.